The lowest BCUT2D eigenvalue weighted by molar-refractivity contribution is -0.116. The molecule has 1 fully saturated rings. The van der Waals surface area contributed by atoms with Crippen molar-refractivity contribution in [3.8, 4) is 0 Å². The highest BCUT2D eigenvalue weighted by molar-refractivity contribution is 9.10. The third-order valence-corrected chi connectivity index (χ3v) is 7.36. The molecule has 0 radical (unpaired) electrons. The number of carbonyl (C=O) groups excluding carboxylic acids is 2. The van der Waals surface area contributed by atoms with Gasteiger partial charge in [0.2, 0.25) is 15.9 Å². The van der Waals surface area contributed by atoms with Gasteiger partial charge in [0.05, 0.1) is 11.4 Å². The number of amides is 2. The van der Waals surface area contributed by atoms with Crippen molar-refractivity contribution in [3.63, 3.8) is 0 Å². The number of halogens is 1. The molecule has 2 amide bonds. The number of anilines is 1. The number of hydrogen-bond acceptors (Lipinski definition) is 4. The molecule has 2 aromatic carbocycles. The van der Waals surface area contributed by atoms with E-state index in [0.717, 1.165) is 22.9 Å². The van der Waals surface area contributed by atoms with Crippen molar-refractivity contribution >= 4 is 43.5 Å². The number of sulfonamides is 1. The average molecular weight is 494 g/mol. The Balaban J connectivity index is 1.69. The predicted octanol–water partition coefficient (Wildman–Crippen LogP) is 3.25. The minimum atomic E-state index is -3.61. The van der Waals surface area contributed by atoms with E-state index < -0.39 is 15.9 Å². The van der Waals surface area contributed by atoms with Crippen LogP contribution in [0.25, 0.3) is 0 Å². The number of aryl methyl sites for hydroxylation is 1. The van der Waals surface area contributed by atoms with Crippen molar-refractivity contribution in [1.82, 2.24) is 9.21 Å². The van der Waals surface area contributed by atoms with Gasteiger partial charge in [-0.05, 0) is 61.7 Å². The molecular formula is C21H24BrN3O4S. The van der Waals surface area contributed by atoms with E-state index >= 15 is 0 Å². The molecule has 0 spiro atoms. The zero-order chi connectivity index (χ0) is 21.9. The fourth-order valence-corrected chi connectivity index (χ4v) is 5.37. The van der Waals surface area contributed by atoms with E-state index in [-0.39, 0.29) is 22.9 Å². The molecule has 0 aliphatic carbocycles. The second kappa shape index (κ2) is 9.28. The Morgan fingerprint density at radius 3 is 2.50 bits per heavy atom. The van der Waals surface area contributed by atoms with Gasteiger partial charge in [0.25, 0.3) is 5.91 Å². The van der Waals surface area contributed by atoms with Crippen LogP contribution in [0.2, 0.25) is 0 Å². The molecule has 1 saturated heterocycles. The van der Waals surface area contributed by atoms with Crippen molar-refractivity contribution < 1.29 is 18.0 Å². The third-order valence-electron chi connectivity index (χ3n) is 4.97. The molecule has 7 nitrogen and oxygen atoms in total. The van der Waals surface area contributed by atoms with E-state index in [1.54, 1.807) is 18.2 Å². The van der Waals surface area contributed by atoms with E-state index in [0.29, 0.717) is 18.8 Å². The van der Waals surface area contributed by atoms with Crippen molar-refractivity contribution in [3.05, 3.63) is 58.1 Å². The summed E-state index contributed by atoms with van der Waals surface area (Å²) in [7, 11) is -2.10. The first-order valence-electron chi connectivity index (χ1n) is 9.60. The first-order chi connectivity index (χ1) is 14.2. The molecule has 0 saturated carbocycles. The van der Waals surface area contributed by atoms with Crippen LogP contribution in [0.1, 0.15) is 28.8 Å². The lowest BCUT2D eigenvalue weighted by atomic mass is 10.2. The first kappa shape index (κ1) is 22.5. The van der Waals surface area contributed by atoms with Gasteiger partial charge >= 0.3 is 0 Å². The summed E-state index contributed by atoms with van der Waals surface area (Å²) in [6.45, 7) is 2.71. The molecule has 9 heteroatoms. The van der Waals surface area contributed by atoms with Crippen LogP contribution in [-0.2, 0) is 14.8 Å². The maximum absolute atomic E-state index is 12.8. The SMILES string of the molecule is Cc1cc(Br)ccc1NC(=O)CN(C)C(=O)c1cccc(S(=O)(=O)N2CCCC2)c1. The molecule has 1 heterocycles. The Bertz CT molecular complexity index is 1070. The second-order valence-corrected chi connectivity index (χ2v) is 10.2. The molecule has 1 N–H and O–H groups in total. The highest BCUT2D eigenvalue weighted by atomic mass is 79.9. The van der Waals surface area contributed by atoms with Gasteiger partial charge < -0.3 is 10.2 Å². The van der Waals surface area contributed by atoms with Crippen LogP contribution in [0.3, 0.4) is 0 Å². The zero-order valence-corrected chi connectivity index (χ0v) is 19.3. The van der Waals surface area contributed by atoms with E-state index in [1.807, 2.05) is 19.1 Å². The molecule has 1 aliphatic rings. The van der Waals surface area contributed by atoms with Crippen LogP contribution < -0.4 is 5.32 Å². The predicted molar refractivity (Wildman–Crippen MR) is 119 cm³/mol. The minimum absolute atomic E-state index is 0.0959. The van der Waals surface area contributed by atoms with E-state index in [1.165, 1.54) is 28.4 Å². The summed E-state index contributed by atoms with van der Waals surface area (Å²) in [4.78, 5) is 26.5. The fourth-order valence-electron chi connectivity index (χ4n) is 3.33. The summed E-state index contributed by atoms with van der Waals surface area (Å²) in [5.74, 6) is -0.756. The number of carbonyl (C=O) groups is 2. The van der Waals surface area contributed by atoms with Gasteiger partial charge in [0.1, 0.15) is 0 Å². The lowest BCUT2D eigenvalue weighted by Gasteiger charge is -2.19. The van der Waals surface area contributed by atoms with E-state index in [4.69, 9.17) is 0 Å². The smallest absolute Gasteiger partial charge is 0.254 e. The normalized spacial score (nSPS) is 14.5. The number of hydrogen-bond donors (Lipinski definition) is 1. The fraction of sp³-hybridized carbons (Fsp3) is 0.333. The number of likely N-dealkylation sites (N-methyl/N-ethyl adjacent to an activating group) is 1. The number of rotatable bonds is 6. The lowest BCUT2D eigenvalue weighted by Crippen LogP contribution is -2.35. The molecule has 0 aromatic heterocycles. The Morgan fingerprint density at radius 1 is 1.13 bits per heavy atom. The van der Waals surface area contributed by atoms with Gasteiger partial charge in [-0.1, -0.05) is 22.0 Å². The molecule has 30 heavy (non-hydrogen) atoms. The maximum atomic E-state index is 12.8. The Morgan fingerprint density at radius 2 is 1.83 bits per heavy atom. The molecule has 0 atom stereocenters. The van der Waals surface area contributed by atoms with Gasteiger partial charge in [-0.3, -0.25) is 9.59 Å². The topological polar surface area (TPSA) is 86.8 Å². The molecule has 1 aliphatic heterocycles. The zero-order valence-electron chi connectivity index (χ0n) is 16.9. The average Bonchev–Trinajstić information content (AvgIpc) is 3.25. The summed E-state index contributed by atoms with van der Waals surface area (Å²) in [5.41, 5.74) is 1.79. The Kier molecular flexibility index (Phi) is 6.95. The van der Waals surface area contributed by atoms with E-state index in [2.05, 4.69) is 21.2 Å². The summed E-state index contributed by atoms with van der Waals surface area (Å²) < 4.78 is 27.8. The summed E-state index contributed by atoms with van der Waals surface area (Å²) in [6.07, 6.45) is 1.68. The van der Waals surface area contributed by atoms with Crippen molar-refractivity contribution in [1.29, 1.82) is 0 Å². The van der Waals surface area contributed by atoms with Crippen LogP contribution in [-0.4, -0.2) is 56.1 Å². The second-order valence-electron chi connectivity index (χ2n) is 7.31. The maximum Gasteiger partial charge on any atom is 0.254 e. The Hall–Kier alpha value is -2.23. The van der Waals surface area contributed by atoms with Gasteiger partial charge in [-0.15, -0.1) is 0 Å². The summed E-state index contributed by atoms with van der Waals surface area (Å²) >= 11 is 3.38. The largest absolute Gasteiger partial charge is 0.332 e. The monoisotopic (exact) mass is 493 g/mol. The summed E-state index contributed by atoms with van der Waals surface area (Å²) in [6, 6.07) is 11.5. The van der Waals surface area contributed by atoms with Gasteiger partial charge in [-0.2, -0.15) is 4.31 Å². The quantitative estimate of drug-likeness (QED) is 0.668. The molecule has 2 aromatic rings. The van der Waals surface area contributed by atoms with Crippen LogP contribution in [0.15, 0.2) is 51.8 Å². The van der Waals surface area contributed by atoms with Crippen LogP contribution in [0.5, 0.6) is 0 Å². The van der Waals surface area contributed by atoms with Crippen LogP contribution in [0.4, 0.5) is 5.69 Å². The molecule has 0 unspecified atom stereocenters. The van der Waals surface area contributed by atoms with Gasteiger partial charge in [0.15, 0.2) is 0 Å². The summed E-state index contributed by atoms with van der Waals surface area (Å²) in [5, 5.41) is 2.79. The third kappa shape index (κ3) is 5.08. The van der Waals surface area contributed by atoms with Crippen LogP contribution >= 0.6 is 15.9 Å². The standard InChI is InChI=1S/C21H24BrN3O4S/c1-15-12-17(22)8-9-19(15)23-20(26)14-24(2)21(27)16-6-5-7-18(13-16)30(28,29)25-10-3-4-11-25/h5-9,12-13H,3-4,10-11,14H2,1-2H3,(H,23,26). The minimum Gasteiger partial charge on any atom is -0.332 e. The molecule has 3 rings (SSSR count). The molecule has 0 bridgehead atoms. The van der Waals surface area contributed by atoms with E-state index in [9.17, 15) is 18.0 Å². The molecular weight excluding hydrogens is 470 g/mol. The van der Waals surface area contributed by atoms with Crippen LogP contribution in [0, 0.1) is 6.92 Å². The van der Waals surface area contributed by atoms with Crippen molar-refractivity contribution in [2.75, 3.05) is 32.0 Å². The Labute approximate surface area is 185 Å². The van der Waals surface area contributed by atoms with Crippen molar-refractivity contribution in [2.24, 2.45) is 0 Å². The van der Waals surface area contributed by atoms with Gasteiger partial charge in [0, 0.05) is 35.9 Å². The highest BCUT2D eigenvalue weighted by Crippen LogP contribution is 2.22. The van der Waals surface area contributed by atoms with Gasteiger partial charge in [-0.25, -0.2) is 8.42 Å². The molecule has 160 valence electrons. The first-order valence-corrected chi connectivity index (χ1v) is 11.8. The number of nitrogens with one attached hydrogen (secondary N) is 1. The number of nitrogens with zero attached hydrogens (tertiary/aromatic N) is 2. The highest BCUT2D eigenvalue weighted by Gasteiger charge is 2.28. The number of benzene rings is 2. The van der Waals surface area contributed by atoms with Crippen molar-refractivity contribution in [2.45, 2.75) is 24.7 Å².